The van der Waals surface area contributed by atoms with Crippen molar-refractivity contribution in [1.29, 1.82) is 0 Å². The highest BCUT2D eigenvalue weighted by Gasteiger charge is 2.32. The third-order valence-corrected chi connectivity index (χ3v) is 20.9. The summed E-state index contributed by atoms with van der Waals surface area (Å²) in [5.74, 6) is 1.74. The fourth-order valence-corrected chi connectivity index (χ4v) is 16.8. The molecule has 0 spiro atoms. The number of hydrogen-bond acceptors (Lipinski definition) is 1. The van der Waals surface area contributed by atoms with Crippen molar-refractivity contribution in [2.75, 3.05) is 0 Å². The van der Waals surface area contributed by atoms with E-state index in [0.29, 0.717) is 0 Å². The summed E-state index contributed by atoms with van der Waals surface area (Å²) in [4.78, 5) is 0. The summed E-state index contributed by atoms with van der Waals surface area (Å²) < 4.78 is 7.07. The van der Waals surface area contributed by atoms with E-state index in [4.69, 9.17) is 4.74 Å². The van der Waals surface area contributed by atoms with Crippen LogP contribution in [0, 0.1) is 0 Å². The third kappa shape index (κ3) is 7.28. The third-order valence-electron chi connectivity index (χ3n) is 20.9. The lowest BCUT2D eigenvalue weighted by molar-refractivity contribution is 0.487. The van der Waals surface area contributed by atoms with Crippen molar-refractivity contribution in [1.82, 2.24) is 0 Å². The maximum Gasteiger partial charge on any atom is 0.136 e. The molecular weight excluding hydrogens is 1120 g/mol. The quantitative estimate of drug-likeness (QED) is 0.151. The maximum absolute atomic E-state index is 7.07. The SMILES string of the molecule is c1ccc(-c2ccc(-c3ccc4c(c3)-c3cccc5cc(-c6ccc(-c7ccc(-c8ccc(-c9cc%10c%11ccccc%11ccc%10c%10ccccc9%10)cc8)c8c7-c7cc9ccccc9c9cccc-8c79)cc6)cc(c35)O4)c3c2-c2cc4ccccc4c4cccc-3c24)cc1. The van der Waals surface area contributed by atoms with Crippen LogP contribution in [0.3, 0.4) is 0 Å². The van der Waals surface area contributed by atoms with Crippen LogP contribution in [0.1, 0.15) is 0 Å². The number of rotatable bonds is 6. The molecule has 0 N–H and O–H groups in total. The summed E-state index contributed by atoms with van der Waals surface area (Å²) in [5.41, 5.74) is 27.0. The molecule has 18 aromatic carbocycles. The van der Waals surface area contributed by atoms with E-state index in [0.717, 1.165) is 39.0 Å². The van der Waals surface area contributed by atoms with Crippen LogP contribution in [0.5, 0.6) is 11.5 Å². The molecule has 0 aromatic heterocycles. The van der Waals surface area contributed by atoms with Gasteiger partial charge in [-0.25, -0.2) is 0 Å². The van der Waals surface area contributed by atoms with E-state index in [1.165, 1.54) is 181 Å². The van der Waals surface area contributed by atoms with E-state index >= 15 is 0 Å². The largest absolute Gasteiger partial charge is 0.456 e. The van der Waals surface area contributed by atoms with Crippen LogP contribution in [0.25, 0.3) is 209 Å². The lowest BCUT2D eigenvalue weighted by Gasteiger charge is -2.23. The number of ether oxygens (including phenoxy) is 1. The van der Waals surface area contributed by atoms with Crippen LogP contribution in [0.2, 0.25) is 0 Å². The number of fused-ring (bicyclic) bond motifs is 17. The molecule has 0 amide bonds. The Balaban J connectivity index is 0.660. The van der Waals surface area contributed by atoms with Gasteiger partial charge in [0.2, 0.25) is 0 Å². The van der Waals surface area contributed by atoms with Gasteiger partial charge in [0.05, 0.1) is 0 Å². The Morgan fingerprint density at radius 1 is 0.151 bits per heavy atom. The molecule has 0 unspecified atom stereocenters. The molecule has 93 heavy (non-hydrogen) atoms. The Morgan fingerprint density at radius 3 is 1.22 bits per heavy atom. The van der Waals surface area contributed by atoms with Gasteiger partial charge in [-0.15, -0.1) is 0 Å². The average Bonchev–Trinajstić information content (AvgIpc) is 1.59. The summed E-state index contributed by atoms with van der Waals surface area (Å²) >= 11 is 0. The molecule has 426 valence electrons. The molecule has 3 aliphatic rings. The highest BCUT2D eigenvalue weighted by molar-refractivity contribution is 6.29. The van der Waals surface area contributed by atoms with Gasteiger partial charge in [-0.05, 0) is 240 Å². The summed E-state index contributed by atoms with van der Waals surface area (Å²) in [6.45, 7) is 0. The van der Waals surface area contributed by atoms with Gasteiger partial charge in [0.15, 0.2) is 0 Å². The molecule has 1 nitrogen and oxygen atoms in total. The van der Waals surface area contributed by atoms with E-state index in [-0.39, 0.29) is 0 Å². The Labute approximate surface area is 536 Å². The minimum atomic E-state index is 0.866. The lowest BCUT2D eigenvalue weighted by Crippen LogP contribution is -1.98. The molecule has 18 aromatic rings. The van der Waals surface area contributed by atoms with E-state index < -0.39 is 0 Å². The fourth-order valence-electron chi connectivity index (χ4n) is 16.8. The predicted octanol–water partition coefficient (Wildman–Crippen LogP) is 26.0. The van der Waals surface area contributed by atoms with Gasteiger partial charge in [-0.3, -0.25) is 0 Å². The molecule has 0 saturated carbocycles. The molecule has 1 heterocycles. The molecule has 0 bridgehead atoms. The molecule has 0 atom stereocenters. The van der Waals surface area contributed by atoms with E-state index in [2.05, 4.69) is 315 Å². The monoisotopic (exact) mass is 1170 g/mol. The van der Waals surface area contributed by atoms with Crippen molar-refractivity contribution in [2.45, 2.75) is 0 Å². The molecule has 2 aliphatic carbocycles. The van der Waals surface area contributed by atoms with Crippen molar-refractivity contribution in [3.63, 3.8) is 0 Å². The fraction of sp³-hybridized carbons (Fsp3) is 0. The van der Waals surface area contributed by atoms with Crippen LogP contribution >= 0.6 is 0 Å². The molecule has 0 radical (unpaired) electrons. The topological polar surface area (TPSA) is 9.23 Å². The molecule has 21 rings (SSSR count). The van der Waals surface area contributed by atoms with Crippen molar-refractivity contribution >= 4 is 86.2 Å². The van der Waals surface area contributed by atoms with Crippen molar-refractivity contribution in [3.8, 4) is 134 Å². The second kappa shape index (κ2) is 19.2. The Bertz CT molecular complexity index is 6350. The first-order valence-electron chi connectivity index (χ1n) is 32.4. The molecule has 0 fully saturated rings. The van der Waals surface area contributed by atoms with Crippen molar-refractivity contribution < 1.29 is 4.74 Å². The highest BCUT2D eigenvalue weighted by atomic mass is 16.5. The summed E-state index contributed by atoms with van der Waals surface area (Å²) in [6.07, 6.45) is 0. The lowest BCUT2D eigenvalue weighted by atomic mass is 9.86. The van der Waals surface area contributed by atoms with Gasteiger partial charge in [0.25, 0.3) is 0 Å². The number of benzene rings is 18. The molecular formula is C92H52O. The van der Waals surface area contributed by atoms with Crippen LogP contribution < -0.4 is 4.74 Å². The molecule has 1 heteroatoms. The van der Waals surface area contributed by atoms with Crippen LogP contribution in [-0.2, 0) is 0 Å². The number of hydrogen-bond donors (Lipinski definition) is 0. The maximum atomic E-state index is 7.07. The normalized spacial score (nSPS) is 12.4. The summed E-state index contributed by atoms with van der Waals surface area (Å²) in [5, 5.41) is 20.3. The van der Waals surface area contributed by atoms with Gasteiger partial charge >= 0.3 is 0 Å². The van der Waals surface area contributed by atoms with Gasteiger partial charge < -0.3 is 4.74 Å². The summed E-state index contributed by atoms with van der Waals surface area (Å²) in [6, 6.07) is 118. The van der Waals surface area contributed by atoms with Crippen LogP contribution in [-0.4, -0.2) is 0 Å². The Kier molecular flexibility index (Phi) is 10.5. The zero-order valence-electron chi connectivity index (χ0n) is 50.4. The zero-order chi connectivity index (χ0) is 60.6. The van der Waals surface area contributed by atoms with Gasteiger partial charge in [-0.1, -0.05) is 273 Å². The first-order chi connectivity index (χ1) is 46.1. The Morgan fingerprint density at radius 2 is 0.591 bits per heavy atom. The highest BCUT2D eigenvalue weighted by Crippen LogP contribution is 2.59. The Hall–Kier alpha value is -12.2. The second-order valence-corrected chi connectivity index (χ2v) is 25.6. The van der Waals surface area contributed by atoms with E-state index in [9.17, 15) is 0 Å². The van der Waals surface area contributed by atoms with Crippen molar-refractivity contribution in [3.05, 3.63) is 315 Å². The first-order valence-corrected chi connectivity index (χ1v) is 32.4. The standard InChI is InChI=1S/C92H52O/c1-2-15-54(16-3-1)67-44-45-70(90-78-30-14-28-75-66-23-9-5-18-59(66)49-82(88(75)78)91(67)90)61-40-46-84-81(48-61)76-26-12-20-62-47-63(51-85(93-84)86(62)76)53-31-33-56(34-32-53)69-43-42-68(89-77-29-13-27-74-65-22-8-6-19-60(65)50-83(87(74)77)92(69)89)57-35-37-58(38-36-57)79-52-80-64-21-7-4-17-55(64)39-41-73(80)71-24-10-11-25-72(71)79/h1-52H. The summed E-state index contributed by atoms with van der Waals surface area (Å²) in [7, 11) is 0. The van der Waals surface area contributed by atoms with Gasteiger partial charge in [0, 0.05) is 10.9 Å². The minimum Gasteiger partial charge on any atom is -0.456 e. The smallest absolute Gasteiger partial charge is 0.136 e. The van der Waals surface area contributed by atoms with Crippen LogP contribution in [0.4, 0.5) is 0 Å². The second-order valence-electron chi connectivity index (χ2n) is 25.6. The van der Waals surface area contributed by atoms with E-state index in [1.54, 1.807) is 0 Å². The predicted molar refractivity (Wildman–Crippen MR) is 393 cm³/mol. The van der Waals surface area contributed by atoms with Crippen molar-refractivity contribution in [2.24, 2.45) is 0 Å². The van der Waals surface area contributed by atoms with Crippen LogP contribution in [0.15, 0.2) is 315 Å². The molecule has 0 saturated heterocycles. The van der Waals surface area contributed by atoms with Gasteiger partial charge in [0.1, 0.15) is 11.5 Å². The molecule has 1 aliphatic heterocycles. The first kappa shape index (κ1) is 50.7. The van der Waals surface area contributed by atoms with Gasteiger partial charge in [-0.2, -0.15) is 0 Å². The minimum absolute atomic E-state index is 0.866. The van der Waals surface area contributed by atoms with E-state index in [1.807, 2.05) is 0 Å². The zero-order valence-corrected chi connectivity index (χ0v) is 50.4. The average molecular weight is 1170 g/mol.